The number of nitrogens with zero attached hydrogens (tertiary/aromatic N) is 3. The van der Waals surface area contributed by atoms with Gasteiger partial charge >= 0.3 is 0 Å². The summed E-state index contributed by atoms with van der Waals surface area (Å²) in [5.41, 5.74) is 2.19. The van der Waals surface area contributed by atoms with Gasteiger partial charge in [-0.1, -0.05) is 29.3 Å². The van der Waals surface area contributed by atoms with Crippen LogP contribution >= 0.6 is 23.2 Å². The molecule has 0 spiro atoms. The molecule has 0 radical (unpaired) electrons. The standard InChI is InChI=1S/C20H29Cl2N5O2/c1-4-23-20(24-9-6-10-27-15(3)11-14(2)26-27)25-12-16(28)13-29-18-8-5-7-17(21)19(18)22/h5,7-8,11,16,28H,4,6,9-10,12-13H2,1-3H3,(H2,23,24,25). The van der Waals surface area contributed by atoms with E-state index >= 15 is 0 Å². The molecule has 9 heteroatoms. The van der Waals surface area contributed by atoms with E-state index in [1.807, 2.05) is 18.5 Å². The van der Waals surface area contributed by atoms with Crippen molar-refractivity contribution in [2.75, 3.05) is 26.2 Å². The van der Waals surface area contributed by atoms with Crippen LogP contribution in [0, 0.1) is 13.8 Å². The molecular formula is C20H29Cl2N5O2. The number of aliphatic imine (C=N–C) groups is 1. The van der Waals surface area contributed by atoms with Crippen molar-refractivity contribution in [2.45, 2.75) is 39.8 Å². The van der Waals surface area contributed by atoms with E-state index in [0.717, 1.165) is 37.4 Å². The molecule has 3 N–H and O–H groups in total. The first kappa shape index (κ1) is 23.3. The summed E-state index contributed by atoms with van der Waals surface area (Å²) in [6, 6.07) is 7.20. The Morgan fingerprint density at radius 1 is 1.31 bits per heavy atom. The molecule has 2 aromatic rings. The maximum absolute atomic E-state index is 10.2. The van der Waals surface area contributed by atoms with E-state index in [0.29, 0.717) is 21.8 Å². The van der Waals surface area contributed by atoms with Gasteiger partial charge in [0.2, 0.25) is 0 Å². The number of halogens is 2. The van der Waals surface area contributed by atoms with Crippen LogP contribution in [0.1, 0.15) is 24.7 Å². The van der Waals surface area contributed by atoms with Crippen LogP contribution in [0.3, 0.4) is 0 Å². The van der Waals surface area contributed by atoms with Crippen molar-refractivity contribution >= 4 is 29.2 Å². The molecular weight excluding hydrogens is 413 g/mol. The topological polar surface area (TPSA) is 83.7 Å². The number of aryl methyl sites for hydroxylation is 3. The summed E-state index contributed by atoms with van der Waals surface area (Å²) in [7, 11) is 0. The zero-order valence-corrected chi connectivity index (χ0v) is 18.6. The van der Waals surface area contributed by atoms with E-state index < -0.39 is 6.10 Å². The van der Waals surface area contributed by atoms with Crippen molar-refractivity contribution in [3.05, 3.63) is 45.7 Å². The zero-order chi connectivity index (χ0) is 21.2. The molecule has 0 saturated carbocycles. The van der Waals surface area contributed by atoms with Gasteiger partial charge in [0.1, 0.15) is 23.5 Å². The molecule has 0 aliphatic heterocycles. The number of aromatic nitrogens is 2. The first-order valence-electron chi connectivity index (χ1n) is 9.68. The first-order chi connectivity index (χ1) is 13.9. The van der Waals surface area contributed by atoms with Gasteiger partial charge in [-0.25, -0.2) is 0 Å². The number of hydrogen-bond acceptors (Lipinski definition) is 4. The van der Waals surface area contributed by atoms with Gasteiger partial charge in [-0.15, -0.1) is 0 Å². The van der Waals surface area contributed by atoms with Crippen LogP contribution in [-0.2, 0) is 6.54 Å². The van der Waals surface area contributed by atoms with E-state index in [1.165, 1.54) is 0 Å². The van der Waals surface area contributed by atoms with Gasteiger partial charge in [-0.05, 0) is 45.4 Å². The van der Waals surface area contributed by atoms with Crippen molar-refractivity contribution in [3.8, 4) is 5.75 Å². The normalized spacial score (nSPS) is 12.7. The summed E-state index contributed by atoms with van der Waals surface area (Å²) >= 11 is 12.0. The molecule has 0 amide bonds. The van der Waals surface area contributed by atoms with Gasteiger partial charge in [-0.3, -0.25) is 9.67 Å². The first-order valence-corrected chi connectivity index (χ1v) is 10.4. The monoisotopic (exact) mass is 441 g/mol. The average molecular weight is 442 g/mol. The van der Waals surface area contributed by atoms with Crippen molar-refractivity contribution in [1.82, 2.24) is 20.4 Å². The fourth-order valence-electron chi connectivity index (χ4n) is 2.71. The Morgan fingerprint density at radius 2 is 2.10 bits per heavy atom. The maximum Gasteiger partial charge on any atom is 0.191 e. The lowest BCUT2D eigenvalue weighted by Gasteiger charge is -2.14. The van der Waals surface area contributed by atoms with Crippen molar-refractivity contribution in [1.29, 1.82) is 0 Å². The predicted molar refractivity (Wildman–Crippen MR) is 118 cm³/mol. The highest BCUT2D eigenvalue weighted by Gasteiger charge is 2.10. The third-order valence-corrected chi connectivity index (χ3v) is 4.90. The molecule has 0 aliphatic carbocycles. The number of aliphatic hydroxyl groups excluding tert-OH is 1. The third-order valence-electron chi connectivity index (χ3n) is 4.09. The molecule has 2 rings (SSSR count). The molecule has 1 atom stereocenters. The fourth-order valence-corrected chi connectivity index (χ4v) is 3.06. The molecule has 160 valence electrons. The maximum atomic E-state index is 10.2. The van der Waals surface area contributed by atoms with Crippen molar-refractivity contribution in [2.24, 2.45) is 4.99 Å². The molecule has 29 heavy (non-hydrogen) atoms. The Kier molecular flexibility index (Phi) is 9.57. The van der Waals surface area contributed by atoms with Crippen molar-refractivity contribution < 1.29 is 9.84 Å². The van der Waals surface area contributed by atoms with Gasteiger partial charge in [0, 0.05) is 25.3 Å². The molecule has 0 saturated heterocycles. The number of benzene rings is 1. The van der Waals surface area contributed by atoms with Crippen LogP contribution in [0.5, 0.6) is 5.75 Å². The number of hydrogen-bond donors (Lipinski definition) is 3. The Hall–Kier alpha value is -1.96. The molecule has 1 aromatic carbocycles. The summed E-state index contributed by atoms with van der Waals surface area (Å²) in [5, 5.41) is 21.8. The SMILES string of the molecule is CCNC(=NCC(O)COc1cccc(Cl)c1Cl)NCCCn1nc(C)cc1C. The lowest BCUT2D eigenvalue weighted by Crippen LogP contribution is -2.39. The van der Waals surface area contributed by atoms with Gasteiger partial charge in [0.15, 0.2) is 5.96 Å². The number of rotatable bonds is 10. The minimum absolute atomic E-state index is 0.0703. The second-order valence-corrected chi connectivity index (χ2v) is 7.45. The number of ether oxygens (including phenoxy) is 1. The lowest BCUT2D eigenvalue weighted by atomic mass is 10.3. The summed E-state index contributed by atoms with van der Waals surface area (Å²) in [6.45, 7) is 8.62. The van der Waals surface area contributed by atoms with Gasteiger partial charge < -0.3 is 20.5 Å². The summed E-state index contributed by atoms with van der Waals surface area (Å²) in [4.78, 5) is 4.41. The van der Waals surface area contributed by atoms with Crippen LogP contribution in [0.2, 0.25) is 10.0 Å². The summed E-state index contributed by atoms with van der Waals surface area (Å²) in [5.74, 6) is 1.09. The largest absolute Gasteiger partial charge is 0.489 e. The minimum Gasteiger partial charge on any atom is -0.489 e. The highest BCUT2D eigenvalue weighted by molar-refractivity contribution is 6.42. The average Bonchev–Trinajstić information content (AvgIpc) is 3.01. The number of nitrogens with one attached hydrogen (secondary N) is 2. The van der Waals surface area contributed by atoms with Crippen LogP contribution in [-0.4, -0.2) is 53.2 Å². The van der Waals surface area contributed by atoms with Crippen LogP contribution in [0.15, 0.2) is 29.3 Å². The van der Waals surface area contributed by atoms with Gasteiger partial charge in [0.05, 0.1) is 17.3 Å². The molecule has 0 fully saturated rings. The zero-order valence-electron chi connectivity index (χ0n) is 17.1. The quantitative estimate of drug-likeness (QED) is 0.299. The van der Waals surface area contributed by atoms with E-state index in [2.05, 4.69) is 33.7 Å². The Balaban J connectivity index is 1.76. The molecule has 0 bridgehead atoms. The smallest absolute Gasteiger partial charge is 0.191 e. The summed E-state index contributed by atoms with van der Waals surface area (Å²) in [6.07, 6.45) is 0.140. The number of guanidine groups is 1. The van der Waals surface area contributed by atoms with Crippen LogP contribution < -0.4 is 15.4 Å². The Bertz CT molecular complexity index is 810. The molecule has 7 nitrogen and oxygen atoms in total. The highest BCUT2D eigenvalue weighted by atomic mass is 35.5. The highest BCUT2D eigenvalue weighted by Crippen LogP contribution is 2.31. The summed E-state index contributed by atoms with van der Waals surface area (Å²) < 4.78 is 7.55. The van der Waals surface area contributed by atoms with E-state index in [9.17, 15) is 5.11 Å². The molecule has 1 heterocycles. The molecule has 1 aromatic heterocycles. The van der Waals surface area contributed by atoms with Crippen LogP contribution in [0.4, 0.5) is 0 Å². The second kappa shape index (κ2) is 11.9. The lowest BCUT2D eigenvalue weighted by molar-refractivity contribution is 0.114. The Morgan fingerprint density at radius 3 is 2.79 bits per heavy atom. The van der Waals surface area contributed by atoms with E-state index in [1.54, 1.807) is 18.2 Å². The third kappa shape index (κ3) is 7.76. The van der Waals surface area contributed by atoms with E-state index in [4.69, 9.17) is 27.9 Å². The predicted octanol–water partition coefficient (Wildman–Crippen LogP) is 3.19. The van der Waals surface area contributed by atoms with Gasteiger partial charge in [0.25, 0.3) is 0 Å². The van der Waals surface area contributed by atoms with Crippen molar-refractivity contribution in [3.63, 3.8) is 0 Å². The van der Waals surface area contributed by atoms with Gasteiger partial charge in [-0.2, -0.15) is 5.10 Å². The minimum atomic E-state index is -0.768. The fraction of sp³-hybridized carbons (Fsp3) is 0.500. The number of aliphatic hydroxyl groups is 1. The van der Waals surface area contributed by atoms with Crippen LogP contribution in [0.25, 0.3) is 0 Å². The second-order valence-electron chi connectivity index (χ2n) is 6.67. The molecule has 0 aliphatic rings. The van der Waals surface area contributed by atoms with E-state index in [-0.39, 0.29) is 13.2 Å². The molecule has 1 unspecified atom stereocenters. The Labute approximate surface area is 182 Å².